The minimum absolute atomic E-state index is 0.0518. The molecule has 4 saturated heterocycles. The van der Waals surface area contributed by atoms with Gasteiger partial charge in [0.2, 0.25) is 17.7 Å². The summed E-state index contributed by atoms with van der Waals surface area (Å²) in [5.41, 5.74) is 1.42. The maximum absolute atomic E-state index is 14.4. The van der Waals surface area contributed by atoms with Gasteiger partial charge in [-0.05, 0) is 124 Å². The first-order valence-electron chi connectivity index (χ1n) is 20.3. The maximum atomic E-state index is 14.4. The van der Waals surface area contributed by atoms with E-state index in [1.165, 1.54) is 38.5 Å². The van der Waals surface area contributed by atoms with E-state index in [1.54, 1.807) is 57.6 Å². The number of hydrogen-bond donors (Lipinski definition) is 1. The van der Waals surface area contributed by atoms with Crippen molar-refractivity contribution in [3.63, 3.8) is 0 Å². The number of carbonyl (C=O) groups excluding carboxylic acids is 6. The summed E-state index contributed by atoms with van der Waals surface area (Å²) in [6, 6.07) is 9.44. The third kappa shape index (κ3) is 10.6. The maximum Gasteiger partial charge on any atom is 0.328 e. The molecule has 0 spiro atoms. The van der Waals surface area contributed by atoms with Crippen LogP contribution in [0.3, 0.4) is 0 Å². The number of ketones is 1. The summed E-state index contributed by atoms with van der Waals surface area (Å²) in [5.74, 6) is -3.68. The summed E-state index contributed by atoms with van der Waals surface area (Å²) in [5, 5.41) is 2.62. The lowest BCUT2D eigenvalue weighted by molar-refractivity contribution is -0.157. The van der Waals surface area contributed by atoms with Crippen molar-refractivity contribution in [3.05, 3.63) is 71.3 Å². The molecule has 8 atom stereocenters. The molecule has 4 fully saturated rings. The van der Waals surface area contributed by atoms with Crippen LogP contribution < -0.4 is 5.32 Å². The van der Waals surface area contributed by atoms with Crippen molar-refractivity contribution in [2.24, 2.45) is 17.8 Å². The Hall–Kier alpha value is -3.98. The molecule has 0 aliphatic carbocycles. The molecule has 1 N–H and O–H groups in total. The number of hydrogen-bond acceptors (Lipinski definition) is 10. The molecule has 58 heavy (non-hydrogen) atoms. The van der Waals surface area contributed by atoms with Crippen molar-refractivity contribution in [3.8, 4) is 0 Å². The highest BCUT2D eigenvalue weighted by molar-refractivity contribution is 8.00. The fourth-order valence-electron chi connectivity index (χ4n) is 8.83. The molecule has 11 nitrogen and oxygen atoms in total. The number of amides is 3. The van der Waals surface area contributed by atoms with Gasteiger partial charge in [-0.1, -0.05) is 24.3 Å². The summed E-state index contributed by atoms with van der Waals surface area (Å²) >= 11 is 3.21. The highest BCUT2D eigenvalue weighted by Gasteiger charge is 2.45. The van der Waals surface area contributed by atoms with Crippen LogP contribution in [0.5, 0.6) is 0 Å². The summed E-state index contributed by atoms with van der Waals surface area (Å²) in [6.45, 7) is 0. The highest BCUT2D eigenvalue weighted by atomic mass is 32.2. The predicted molar refractivity (Wildman–Crippen MR) is 216 cm³/mol. The second kappa shape index (κ2) is 20.3. The van der Waals surface area contributed by atoms with E-state index < -0.39 is 65.4 Å². The van der Waals surface area contributed by atoms with Gasteiger partial charge in [0.25, 0.3) is 0 Å². The second-order valence-corrected chi connectivity index (χ2v) is 18.3. The van der Waals surface area contributed by atoms with Crippen LogP contribution in [-0.2, 0) is 51.1 Å². The van der Waals surface area contributed by atoms with Gasteiger partial charge < -0.3 is 24.6 Å². The zero-order valence-corrected chi connectivity index (χ0v) is 34.7. The molecule has 0 bridgehead atoms. The third-order valence-corrected chi connectivity index (χ3v) is 14.6. The number of esters is 2. The van der Waals surface area contributed by atoms with Gasteiger partial charge in [0.05, 0.1) is 25.0 Å². The monoisotopic (exact) mass is 841 g/mol. The van der Waals surface area contributed by atoms with Gasteiger partial charge in [0, 0.05) is 24.2 Å². The van der Waals surface area contributed by atoms with E-state index in [1.807, 2.05) is 0 Å². The summed E-state index contributed by atoms with van der Waals surface area (Å²) in [4.78, 5) is 85.7. The van der Waals surface area contributed by atoms with Crippen molar-refractivity contribution >= 4 is 59.0 Å². The van der Waals surface area contributed by atoms with Crippen molar-refractivity contribution in [2.75, 3.05) is 25.7 Å². The number of fused-ring (bicyclic) bond motifs is 2. The third-order valence-electron chi connectivity index (χ3n) is 12.0. The van der Waals surface area contributed by atoms with Crippen LogP contribution in [0.25, 0.3) is 0 Å². The largest absolute Gasteiger partial charge is 0.467 e. The summed E-state index contributed by atoms with van der Waals surface area (Å²) < 4.78 is 38.0. The molecule has 4 aliphatic rings. The molecular formula is C43H53F2N3O8S2. The van der Waals surface area contributed by atoms with Gasteiger partial charge in [-0.3, -0.25) is 19.2 Å². The van der Waals surface area contributed by atoms with Crippen molar-refractivity contribution < 1.29 is 47.0 Å². The second-order valence-electron chi connectivity index (χ2n) is 15.7. The number of methoxy groups -OCH3 is 2. The van der Waals surface area contributed by atoms with Gasteiger partial charge in [0.1, 0.15) is 35.5 Å². The van der Waals surface area contributed by atoms with Gasteiger partial charge in [-0.15, -0.1) is 23.5 Å². The average molecular weight is 842 g/mol. The normalized spacial score (nSPS) is 25.9. The standard InChI is InChI=1S/C43H53F2N3O8S2/c1-55-42(53)34-5-3-7-37-47(34)40(51)30(19-21-57-37)25-36(49)28(23-26-9-15-31(44)16-10-26)13-14-29(24-27-11-17-32(45)18-12-27)39(50)46-33-20-22-58-38-8-4-6-35(43(54)56-2)48(38)41(33)52/h9-12,15-18,28-30,33-35,37-38H,3-8,13-14,19-25H2,1-2H3,(H,46,50)/t28-,29-,30-,33+,34+,35+,37+,38+/m1/s1. The molecule has 0 unspecified atom stereocenters. The molecule has 314 valence electrons. The van der Waals surface area contributed by atoms with E-state index in [-0.39, 0.29) is 60.4 Å². The summed E-state index contributed by atoms with van der Waals surface area (Å²) in [6.07, 6.45) is 5.74. The zero-order valence-electron chi connectivity index (χ0n) is 33.1. The predicted octanol–water partition coefficient (Wildman–Crippen LogP) is 5.86. The first kappa shape index (κ1) is 43.6. The molecular weight excluding hydrogens is 789 g/mol. The molecule has 3 amide bonds. The molecule has 2 aromatic carbocycles. The first-order valence-corrected chi connectivity index (χ1v) is 22.4. The number of Topliss-reactive ketones (excluding diaryl/α,β-unsaturated/α-hetero) is 1. The van der Waals surface area contributed by atoms with Gasteiger partial charge in [-0.25, -0.2) is 18.4 Å². The average Bonchev–Trinajstić information content (AvgIpc) is 3.49. The van der Waals surface area contributed by atoms with Gasteiger partial charge >= 0.3 is 11.9 Å². The first-order chi connectivity index (χ1) is 28.0. The van der Waals surface area contributed by atoms with Gasteiger partial charge in [0.15, 0.2) is 0 Å². The minimum Gasteiger partial charge on any atom is -0.467 e. The fraction of sp³-hybridized carbons (Fsp3) is 0.581. The van der Waals surface area contributed by atoms with Crippen molar-refractivity contribution in [1.82, 2.24) is 15.1 Å². The van der Waals surface area contributed by atoms with Crippen LogP contribution in [0, 0.1) is 29.4 Å². The Kier molecular flexibility index (Phi) is 15.3. The van der Waals surface area contributed by atoms with E-state index in [2.05, 4.69) is 5.32 Å². The number of ether oxygens (including phenoxy) is 2. The Morgan fingerprint density at radius 1 is 0.690 bits per heavy atom. The van der Waals surface area contributed by atoms with Crippen LogP contribution in [0.4, 0.5) is 8.78 Å². The molecule has 4 heterocycles. The Labute approximate surface area is 347 Å². The molecule has 0 radical (unpaired) electrons. The number of carbonyl (C=O) groups is 6. The Morgan fingerprint density at radius 2 is 1.17 bits per heavy atom. The molecule has 0 aromatic heterocycles. The minimum atomic E-state index is -0.880. The van der Waals surface area contributed by atoms with Crippen molar-refractivity contribution in [1.29, 1.82) is 0 Å². The number of piperidine rings is 2. The lowest BCUT2D eigenvalue weighted by Gasteiger charge is -2.40. The molecule has 15 heteroatoms. The van der Waals surface area contributed by atoms with E-state index in [0.717, 1.165) is 31.2 Å². The molecule has 0 saturated carbocycles. The number of nitrogens with zero attached hydrogens (tertiary/aromatic N) is 2. The van der Waals surface area contributed by atoms with Crippen LogP contribution in [0.1, 0.15) is 81.8 Å². The molecule has 2 aromatic rings. The van der Waals surface area contributed by atoms with Gasteiger partial charge in [-0.2, -0.15) is 0 Å². The zero-order chi connectivity index (χ0) is 41.3. The lowest BCUT2D eigenvalue weighted by atomic mass is 9.82. The van der Waals surface area contributed by atoms with E-state index in [0.29, 0.717) is 42.8 Å². The summed E-state index contributed by atoms with van der Waals surface area (Å²) in [7, 11) is 2.61. The number of thioether (sulfide) groups is 2. The number of nitrogens with one attached hydrogen (secondary N) is 1. The Morgan fingerprint density at radius 3 is 1.71 bits per heavy atom. The van der Waals surface area contributed by atoms with E-state index in [9.17, 15) is 37.5 Å². The molecule has 6 rings (SSSR count). The quantitative estimate of drug-likeness (QED) is 0.231. The van der Waals surface area contributed by atoms with Crippen molar-refractivity contribution in [2.45, 2.75) is 112 Å². The Bertz CT molecular complexity index is 1670. The van der Waals surface area contributed by atoms with Crippen LogP contribution in [0.2, 0.25) is 0 Å². The van der Waals surface area contributed by atoms with E-state index >= 15 is 0 Å². The fourth-order valence-corrected chi connectivity index (χ4v) is 11.7. The number of rotatable bonds is 14. The Balaban J connectivity index is 1.22. The smallest absolute Gasteiger partial charge is 0.328 e. The molecule has 4 aliphatic heterocycles. The number of benzene rings is 2. The van der Waals surface area contributed by atoms with E-state index in [4.69, 9.17) is 9.47 Å². The lowest BCUT2D eigenvalue weighted by Crippen LogP contribution is -2.57. The SMILES string of the molecule is COC(=O)[C@@H]1CCC[C@@H]2SCC[C@H](CC(=O)[C@H](CC[C@H](Cc3ccc(F)cc3)C(=O)N[C@H]3CCS[C@H]4CCC[C@@H](C(=O)OC)N4C3=O)Cc3ccc(F)cc3)C(=O)N21. The van der Waals surface area contributed by atoms with Crippen LogP contribution in [0.15, 0.2) is 48.5 Å². The van der Waals surface area contributed by atoms with Crippen LogP contribution >= 0.6 is 23.5 Å². The highest BCUT2D eigenvalue weighted by Crippen LogP contribution is 2.38. The van der Waals surface area contributed by atoms with Crippen LogP contribution in [-0.4, -0.2) is 99.8 Å². The number of halogens is 2. The topological polar surface area (TPSA) is 139 Å².